The second-order valence-corrected chi connectivity index (χ2v) is 7.07. The first-order valence-electron chi connectivity index (χ1n) is 8.86. The maximum atomic E-state index is 11.3. The van der Waals surface area contributed by atoms with Gasteiger partial charge in [0.15, 0.2) is 0 Å². The van der Waals surface area contributed by atoms with Gasteiger partial charge in [-0.25, -0.2) is 4.98 Å². The van der Waals surface area contributed by atoms with Crippen LogP contribution in [0.15, 0.2) is 24.7 Å². The summed E-state index contributed by atoms with van der Waals surface area (Å²) in [5.41, 5.74) is 6.62. The molecular weight excluding hydrogens is 370 g/mol. The molecule has 2 heterocycles. The molecule has 3 rings (SSSR count). The Kier molecular flexibility index (Phi) is 6.36. The Morgan fingerprint density at radius 2 is 2.04 bits per heavy atom. The van der Waals surface area contributed by atoms with Crippen molar-refractivity contribution < 1.29 is 4.92 Å². The predicted octanol–water partition coefficient (Wildman–Crippen LogP) is 2.97. The summed E-state index contributed by atoms with van der Waals surface area (Å²) in [6.07, 6.45) is 8.40. The summed E-state index contributed by atoms with van der Waals surface area (Å²) >= 11 is 6.08. The number of nitrogens with two attached hydrogens (primary N) is 1. The van der Waals surface area contributed by atoms with E-state index < -0.39 is 4.92 Å². The van der Waals surface area contributed by atoms with E-state index in [1.807, 2.05) is 0 Å². The molecule has 0 atom stereocenters. The molecule has 0 unspecified atom stereocenters. The van der Waals surface area contributed by atoms with Crippen LogP contribution >= 0.6 is 11.6 Å². The summed E-state index contributed by atoms with van der Waals surface area (Å²) < 4.78 is 0. The third kappa shape index (κ3) is 5.24. The van der Waals surface area contributed by atoms with Crippen LogP contribution in [-0.2, 0) is 6.54 Å². The minimum atomic E-state index is -0.484. The van der Waals surface area contributed by atoms with E-state index in [1.165, 1.54) is 6.20 Å². The topological polar surface area (TPSA) is 132 Å². The Labute approximate surface area is 161 Å². The fourth-order valence-corrected chi connectivity index (χ4v) is 3.27. The Morgan fingerprint density at radius 1 is 1.26 bits per heavy atom. The van der Waals surface area contributed by atoms with Crippen molar-refractivity contribution in [1.29, 1.82) is 0 Å². The molecule has 1 saturated carbocycles. The van der Waals surface area contributed by atoms with Crippen LogP contribution in [-0.4, -0.2) is 32.5 Å². The molecule has 4 N–H and O–H groups in total. The molecule has 2 aromatic heterocycles. The van der Waals surface area contributed by atoms with Gasteiger partial charge in [0.25, 0.3) is 0 Å². The van der Waals surface area contributed by atoms with Crippen molar-refractivity contribution in [3.63, 3.8) is 0 Å². The standard InChI is InChI=1S/C17H22ClN7O2/c18-14-9-20-6-5-12(14)8-22-17-23-10-15(25(26)27)16(24-17)21-7-11-1-3-13(19)4-2-11/h5-6,9-11,13H,1-4,7-8,19H2,(H2,21,22,23,24). The molecule has 0 aromatic carbocycles. The minimum absolute atomic E-state index is 0.144. The fourth-order valence-electron chi connectivity index (χ4n) is 3.08. The van der Waals surface area contributed by atoms with Crippen LogP contribution < -0.4 is 16.4 Å². The maximum absolute atomic E-state index is 11.3. The van der Waals surface area contributed by atoms with Gasteiger partial charge in [0.2, 0.25) is 11.8 Å². The van der Waals surface area contributed by atoms with E-state index >= 15 is 0 Å². The van der Waals surface area contributed by atoms with Gasteiger partial charge in [0, 0.05) is 31.5 Å². The zero-order chi connectivity index (χ0) is 19.2. The van der Waals surface area contributed by atoms with Crippen molar-refractivity contribution in [2.24, 2.45) is 11.7 Å². The monoisotopic (exact) mass is 391 g/mol. The highest BCUT2D eigenvalue weighted by atomic mass is 35.5. The summed E-state index contributed by atoms with van der Waals surface area (Å²) in [6, 6.07) is 2.05. The molecule has 144 valence electrons. The van der Waals surface area contributed by atoms with Crippen LogP contribution in [0.3, 0.4) is 0 Å². The molecule has 0 saturated heterocycles. The smallest absolute Gasteiger partial charge is 0.329 e. The Balaban J connectivity index is 1.67. The van der Waals surface area contributed by atoms with Gasteiger partial charge in [-0.05, 0) is 43.2 Å². The number of anilines is 2. The van der Waals surface area contributed by atoms with E-state index in [0.29, 0.717) is 30.0 Å². The number of hydrogen-bond acceptors (Lipinski definition) is 8. The number of pyridine rings is 1. The van der Waals surface area contributed by atoms with Gasteiger partial charge in [-0.3, -0.25) is 15.1 Å². The lowest BCUT2D eigenvalue weighted by molar-refractivity contribution is -0.384. The van der Waals surface area contributed by atoms with Gasteiger partial charge < -0.3 is 16.4 Å². The SMILES string of the molecule is NC1CCC(CNc2nc(NCc3ccncc3Cl)ncc2[N+](=O)[O-])CC1. The Morgan fingerprint density at radius 3 is 2.74 bits per heavy atom. The van der Waals surface area contributed by atoms with E-state index in [9.17, 15) is 10.1 Å². The largest absolute Gasteiger partial charge is 0.364 e. The van der Waals surface area contributed by atoms with Gasteiger partial charge in [0.05, 0.1) is 9.95 Å². The second kappa shape index (κ2) is 8.92. The lowest BCUT2D eigenvalue weighted by atomic mass is 9.86. The van der Waals surface area contributed by atoms with E-state index in [0.717, 1.165) is 31.2 Å². The summed E-state index contributed by atoms with van der Waals surface area (Å²) in [5.74, 6) is 0.946. The molecule has 1 fully saturated rings. The fraction of sp³-hybridized carbons (Fsp3) is 0.471. The number of nitro groups is 1. The molecule has 0 spiro atoms. The van der Waals surface area contributed by atoms with Crippen LogP contribution in [0, 0.1) is 16.0 Å². The predicted molar refractivity (Wildman–Crippen MR) is 104 cm³/mol. The van der Waals surface area contributed by atoms with Crippen LogP contribution in [0.4, 0.5) is 17.5 Å². The van der Waals surface area contributed by atoms with Crippen molar-refractivity contribution in [2.45, 2.75) is 38.3 Å². The Hall–Kier alpha value is -2.52. The normalized spacial score (nSPS) is 19.5. The molecule has 27 heavy (non-hydrogen) atoms. The van der Waals surface area contributed by atoms with Gasteiger partial charge in [-0.15, -0.1) is 0 Å². The van der Waals surface area contributed by atoms with E-state index in [1.54, 1.807) is 18.5 Å². The summed E-state index contributed by atoms with van der Waals surface area (Å²) in [4.78, 5) is 23.0. The number of nitrogens with one attached hydrogen (secondary N) is 2. The molecule has 1 aliphatic carbocycles. The minimum Gasteiger partial charge on any atom is -0.364 e. The highest BCUT2D eigenvalue weighted by Crippen LogP contribution is 2.26. The first-order chi connectivity index (χ1) is 13.0. The molecule has 0 amide bonds. The molecule has 2 aromatic rings. The molecule has 10 heteroatoms. The van der Waals surface area contributed by atoms with Crippen molar-refractivity contribution in [3.8, 4) is 0 Å². The highest BCUT2D eigenvalue weighted by Gasteiger charge is 2.21. The first kappa shape index (κ1) is 19.2. The number of halogens is 1. The Bertz CT molecular complexity index is 797. The third-order valence-corrected chi connectivity index (χ3v) is 5.05. The molecule has 0 aliphatic heterocycles. The van der Waals surface area contributed by atoms with Crippen LogP contribution in [0.5, 0.6) is 0 Å². The van der Waals surface area contributed by atoms with Crippen LogP contribution in [0.1, 0.15) is 31.2 Å². The van der Waals surface area contributed by atoms with Gasteiger partial charge >= 0.3 is 5.69 Å². The molecule has 1 aliphatic rings. The summed E-state index contributed by atoms with van der Waals surface area (Å²) in [7, 11) is 0. The number of aromatic nitrogens is 3. The zero-order valence-corrected chi connectivity index (χ0v) is 15.5. The first-order valence-corrected chi connectivity index (χ1v) is 9.24. The number of nitrogens with zero attached hydrogens (tertiary/aromatic N) is 4. The van der Waals surface area contributed by atoms with E-state index in [4.69, 9.17) is 17.3 Å². The van der Waals surface area contributed by atoms with Crippen molar-refractivity contribution >= 4 is 29.1 Å². The quantitative estimate of drug-likeness (QED) is 0.484. The third-order valence-electron chi connectivity index (χ3n) is 4.71. The summed E-state index contributed by atoms with van der Waals surface area (Å²) in [6.45, 7) is 1.01. The van der Waals surface area contributed by atoms with Crippen molar-refractivity contribution in [3.05, 3.63) is 45.4 Å². The van der Waals surface area contributed by atoms with Gasteiger partial charge in [0.1, 0.15) is 6.20 Å². The van der Waals surface area contributed by atoms with Crippen molar-refractivity contribution in [1.82, 2.24) is 15.0 Å². The maximum Gasteiger partial charge on any atom is 0.329 e. The van der Waals surface area contributed by atoms with E-state index in [-0.39, 0.29) is 17.5 Å². The van der Waals surface area contributed by atoms with Crippen LogP contribution in [0.2, 0.25) is 5.02 Å². The summed E-state index contributed by atoms with van der Waals surface area (Å²) in [5, 5.41) is 18.0. The van der Waals surface area contributed by atoms with Crippen LogP contribution in [0.25, 0.3) is 0 Å². The average Bonchev–Trinajstić information content (AvgIpc) is 2.67. The highest BCUT2D eigenvalue weighted by molar-refractivity contribution is 6.31. The molecular formula is C17H22ClN7O2. The lowest BCUT2D eigenvalue weighted by Gasteiger charge is -2.26. The molecule has 0 bridgehead atoms. The molecule has 0 radical (unpaired) electrons. The lowest BCUT2D eigenvalue weighted by Crippen LogP contribution is -2.29. The van der Waals surface area contributed by atoms with E-state index in [2.05, 4.69) is 25.6 Å². The van der Waals surface area contributed by atoms with Gasteiger partial charge in [-0.2, -0.15) is 4.98 Å². The number of hydrogen-bond donors (Lipinski definition) is 3. The zero-order valence-electron chi connectivity index (χ0n) is 14.8. The molecule has 9 nitrogen and oxygen atoms in total. The second-order valence-electron chi connectivity index (χ2n) is 6.67. The van der Waals surface area contributed by atoms with Crippen molar-refractivity contribution in [2.75, 3.05) is 17.2 Å². The average molecular weight is 392 g/mol. The number of rotatable bonds is 7. The van der Waals surface area contributed by atoms with Gasteiger partial charge in [-0.1, -0.05) is 11.6 Å².